The summed E-state index contributed by atoms with van der Waals surface area (Å²) in [4.78, 5) is 36.8. The number of likely N-dealkylation sites (tertiary alicyclic amines) is 1. The van der Waals surface area contributed by atoms with Crippen molar-refractivity contribution >= 4 is 35.2 Å². The molecular formula is C28H33ClN8O2. The van der Waals surface area contributed by atoms with E-state index in [-0.39, 0.29) is 18.0 Å². The lowest BCUT2D eigenvalue weighted by molar-refractivity contribution is -0.120. The molecule has 0 radical (unpaired) electrons. The number of piperidine rings is 1. The summed E-state index contributed by atoms with van der Waals surface area (Å²) in [5.74, 6) is 1.12. The van der Waals surface area contributed by atoms with Gasteiger partial charge in [-0.25, -0.2) is 14.8 Å². The lowest BCUT2D eigenvalue weighted by Crippen LogP contribution is -2.49. The summed E-state index contributed by atoms with van der Waals surface area (Å²) >= 11 is 6.54. The van der Waals surface area contributed by atoms with Gasteiger partial charge in [-0.05, 0) is 55.7 Å². The van der Waals surface area contributed by atoms with Crippen molar-refractivity contribution in [2.75, 3.05) is 29.9 Å². The Hall–Kier alpha value is -3.50. The van der Waals surface area contributed by atoms with E-state index in [2.05, 4.69) is 37.7 Å². The Labute approximate surface area is 232 Å². The maximum atomic E-state index is 12.1. The van der Waals surface area contributed by atoms with Gasteiger partial charge in [0.05, 0.1) is 23.1 Å². The third-order valence-electron chi connectivity index (χ3n) is 7.87. The maximum absolute atomic E-state index is 12.1. The van der Waals surface area contributed by atoms with Crippen molar-refractivity contribution in [2.24, 2.45) is 13.0 Å². The predicted molar refractivity (Wildman–Crippen MR) is 150 cm³/mol. The Bertz CT molecular complexity index is 1360. The number of nitrogens with one attached hydrogen (secondary N) is 2. The molecule has 2 N–H and O–H groups in total. The third kappa shape index (κ3) is 5.91. The standard InChI is InChI=1S/C28H33ClN8O2/c1-35-24(14-18-2-3-18)22(15-31-35)26-23(29)16-30-27(34-26)32-20-8-11-36(12-9-20)17-19-4-6-21(7-5-19)37-13-10-25(38)33-28(37)39/h4-7,15-16,18,20H,2-3,8-14,17H2,1H3,(H,30,32,34)(H,33,38,39). The quantitative estimate of drug-likeness (QED) is 0.438. The lowest BCUT2D eigenvalue weighted by atomic mass is 10.0. The number of hydrogen-bond acceptors (Lipinski definition) is 7. The van der Waals surface area contributed by atoms with Crippen LogP contribution >= 0.6 is 11.6 Å². The van der Waals surface area contributed by atoms with Crippen molar-refractivity contribution in [3.05, 3.63) is 52.9 Å². The number of amides is 3. The molecule has 1 aromatic carbocycles. The molecule has 3 aliphatic rings. The Balaban J connectivity index is 1.04. The van der Waals surface area contributed by atoms with Crippen molar-refractivity contribution in [1.29, 1.82) is 0 Å². The average molecular weight is 549 g/mol. The minimum absolute atomic E-state index is 0.222. The van der Waals surface area contributed by atoms with Crippen molar-refractivity contribution in [3.63, 3.8) is 0 Å². The molecule has 3 aromatic rings. The molecule has 10 nitrogen and oxygen atoms in total. The molecule has 6 rings (SSSR count). The number of benzene rings is 1. The molecule has 11 heteroatoms. The average Bonchev–Trinajstić information content (AvgIpc) is 3.68. The molecule has 204 valence electrons. The highest BCUT2D eigenvalue weighted by molar-refractivity contribution is 6.33. The first-order valence-corrected chi connectivity index (χ1v) is 14.0. The van der Waals surface area contributed by atoms with Gasteiger partial charge in [-0.2, -0.15) is 5.10 Å². The second-order valence-corrected chi connectivity index (χ2v) is 11.2. The molecule has 4 heterocycles. The SMILES string of the molecule is Cn1ncc(-c2nc(NC3CCN(Cc4ccc(N5CCC(=O)NC5=O)cc4)CC3)ncc2Cl)c1CC1CC1. The first-order valence-electron chi connectivity index (χ1n) is 13.7. The fraction of sp³-hybridized carbons (Fsp3) is 0.464. The van der Waals surface area contributed by atoms with Gasteiger partial charge in [-0.1, -0.05) is 23.7 Å². The summed E-state index contributed by atoms with van der Waals surface area (Å²) in [6.45, 7) is 3.19. The fourth-order valence-corrected chi connectivity index (χ4v) is 5.58. The highest BCUT2D eigenvalue weighted by Crippen LogP contribution is 2.37. The summed E-state index contributed by atoms with van der Waals surface area (Å²) < 4.78 is 1.94. The van der Waals surface area contributed by atoms with Gasteiger partial charge in [0.25, 0.3) is 0 Å². The van der Waals surface area contributed by atoms with Crippen molar-refractivity contribution < 1.29 is 9.59 Å². The number of anilines is 2. The van der Waals surface area contributed by atoms with E-state index in [0.717, 1.165) is 61.8 Å². The van der Waals surface area contributed by atoms with Gasteiger partial charge in [0.15, 0.2) is 0 Å². The normalized spacial score (nSPS) is 18.9. The van der Waals surface area contributed by atoms with Crippen LogP contribution in [0, 0.1) is 5.92 Å². The second-order valence-electron chi connectivity index (χ2n) is 10.8. The van der Waals surface area contributed by atoms with Crippen LogP contribution in [0.5, 0.6) is 0 Å². The summed E-state index contributed by atoms with van der Waals surface area (Å²) in [6, 6.07) is 7.95. The van der Waals surface area contributed by atoms with E-state index in [1.807, 2.05) is 30.1 Å². The first-order chi connectivity index (χ1) is 18.9. The number of aryl methyl sites for hydroxylation is 1. The summed E-state index contributed by atoms with van der Waals surface area (Å²) in [6.07, 6.45) is 9.41. The number of hydrogen-bond donors (Lipinski definition) is 2. The zero-order valence-electron chi connectivity index (χ0n) is 22.1. The molecule has 3 fully saturated rings. The van der Waals surface area contributed by atoms with Gasteiger partial charge in [-0.3, -0.25) is 24.6 Å². The molecule has 0 bridgehead atoms. The molecule has 3 amide bonds. The molecule has 1 saturated carbocycles. The van der Waals surface area contributed by atoms with Crippen LogP contribution in [0.15, 0.2) is 36.7 Å². The summed E-state index contributed by atoms with van der Waals surface area (Å²) in [5, 5.41) is 10.9. The fourth-order valence-electron chi connectivity index (χ4n) is 5.39. The van der Waals surface area contributed by atoms with Gasteiger partial charge < -0.3 is 5.32 Å². The van der Waals surface area contributed by atoms with Crippen molar-refractivity contribution in [2.45, 2.75) is 51.1 Å². The molecule has 39 heavy (non-hydrogen) atoms. The zero-order valence-corrected chi connectivity index (χ0v) is 22.8. The largest absolute Gasteiger partial charge is 0.351 e. The number of carbonyl (C=O) groups is 2. The van der Waals surface area contributed by atoms with E-state index < -0.39 is 0 Å². The van der Waals surface area contributed by atoms with Crippen LogP contribution in [0.1, 0.15) is 43.4 Å². The zero-order chi connectivity index (χ0) is 26.9. The smallest absolute Gasteiger partial charge is 0.328 e. The Morgan fingerprint density at radius 2 is 1.82 bits per heavy atom. The molecular weight excluding hydrogens is 516 g/mol. The molecule has 0 spiro atoms. The van der Waals surface area contributed by atoms with Crippen molar-refractivity contribution in [1.82, 2.24) is 30.0 Å². The first kappa shape index (κ1) is 25.8. The van der Waals surface area contributed by atoms with Crippen LogP contribution in [0.2, 0.25) is 5.02 Å². The van der Waals surface area contributed by atoms with Crippen LogP contribution in [-0.2, 0) is 24.8 Å². The van der Waals surface area contributed by atoms with E-state index >= 15 is 0 Å². The number of nitrogens with zero attached hydrogens (tertiary/aromatic N) is 6. The second kappa shape index (κ2) is 10.9. The van der Waals surface area contributed by atoms with Crippen LogP contribution in [0.25, 0.3) is 11.3 Å². The number of halogens is 1. The number of aromatic nitrogens is 4. The van der Waals surface area contributed by atoms with Crippen LogP contribution in [0.3, 0.4) is 0 Å². The minimum atomic E-state index is -0.357. The van der Waals surface area contributed by atoms with E-state index in [1.54, 1.807) is 11.1 Å². The molecule has 0 atom stereocenters. The minimum Gasteiger partial charge on any atom is -0.351 e. The molecule has 2 aliphatic heterocycles. The molecule has 1 aliphatic carbocycles. The highest BCUT2D eigenvalue weighted by atomic mass is 35.5. The van der Waals surface area contributed by atoms with Crippen LogP contribution in [0.4, 0.5) is 16.4 Å². The van der Waals surface area contributed by atoms with Gasteiger partial charge in [0.2, 0.25) is 11.9 Å². The summed E-state index contributed by atoms with van der Waals surface area (Å²) in [7, 11) is 1.98. The number of rotatable bonds is 8. The summed E-state index contributed by atoms with van der Waals surface area (Å²) in [5.41, 5.74) is 4.92. The number of carbonyl (C=O) groups excluding carboxylic acids is 2. The van der Waals surface area contributed by atoms with E-state index in [0.29, 0.717) is 23.9 Å². The van der Waals surface area contributed by atoms with Crippen LogP contribution in [-0.4, -0.2) is 62.3 Å². The van der Waals surface area contributed by atoms with Gasteiger partial charge in [0.1, 0.15) is 0 Å². The highest BCUT2D eigenvalue weighted by Gasteiger charge is 2.27. The molecule has 0 unspecified atom stereocenters. The van der Waals surface area contributed by atoms with E-state index in [9.17, 15) is 9.59 Å². The third-order valence-corrected chi connectivity index (χ3v) is 8.15. The maximum Gasteiger partial charge on any atom is 0.328 e. The predicted octanol–water partition coefficient (Wildman–Crippen LogP) is 4.01. The van der Waals surface area contributed by atoms with Crippen LogP contribution < -0.4 is 15.5 Å². The topological polar surface area (TPSA) is 108 Å². The Kier molecular flexibility index (Phi) is 7.22. The van der Waals surface area contributed by atoms with Crippen molar-refractivity contribution in [3.8, 4) is 11.3 Å². The van der Waals surface area contributed by atoms with Gasteiger partial charge in [-0.15, -0.1) is 0 Å². The molecule has 2 saturated heterocycles. The van der Waals surface area contributed by atoms with Gasteiger partial charge in [0, 0.05) is 62.6 Å². The van der Waals surface area contributed by atoms with E-state index in [4.69, 9.17) is 16.6 Å². The number of imide groups is 1. The Morgan fingerprint density at radius 1 is 1.05 bits per heavy atom. The van der Waals surface area contributed by atoms with Gasteiger partial charge >= 0.3 is 6.03 Å². The van der Waals surface area contributed by atoms with E-state index in [1.165, 1.54) is 24.1 Å². The number of urea groups is 1. The lowest BCUT2D eigenvalue weighted by Gasteiger charge is -2.32. The monoisotopic (exact) mass is 548 g/mol. The Morgan fingerprint density at radius 3 is 2.54 bits per heavy atom. The molecule has 2 aromatic heterocycles.